The van der Waals surface area contributed by atoms with Gasteiger partial charge >= 0.3 is 0 Å². The Bertz CT molecular complexity index is 623. The highest BCUT2D eigenvalue weighted by Gasteiger charge is 2.16. The van der Waals surface area contributed by atoms with Gasteiger partial charge in [0.25, 0.3) is 0 Å². The van der Waals surface area contributed by atoms with E-state index in [1.807, 2.05) is 35.0 Å². The zero-order chi connectivity index (χ0) is 13.9. The molecular formula is C15H11F2NS2. The molecule has 0 fully saturated rings. The van der Waals surface area contributed by atoms with Crippen molar-refractivity contribution >= 4 is 28.4 Å². The third-order valence-electron chi connectivity index (χ3n) is 2.83. The van der Waals surface area contributed by atoms with Crippen molar-refractivity contribution in [1.82, 2.24) is 0 Å². The van der Waals surface area contributed by atoms with Gasteiger partial charge in [-0.05, 0) is 35.0 Å². The molecule has 0 aliphatic heterocycles. The monoisotopic (exact) mass is 307 g/mol. The summed E-state index contributed by atoms with van der Waals surface area (Å²) in [7, 11) is 0. The van der Waals surface area contributed by atoms with Crippen molar-refractivity contribution in [1.29, 1.82) is 0 Å². The molecule has 20 heavy (non-hydrogen) atoms. The molecule has 0 amide bonds. The van der Waals surface area contributed by atoms with Crippen molar-refractivity contribution < 1.29 is 8.78 Å². The predicted octanol–water partition coefficient (Wildman–Crippen LogP) is 5.29. The maximum absolute atomic E-state index is 13.3. The molecule has 0 unspecified atom stereocenters. The molecule has 0 atom stereocenters. The molecule has 5 heteroatoms. The lowest BCUT2D eigenvalue weighted by Crippen LogP contribution is -2.09. The van der Waals surface area contributed by atoms with Crippen LogP contribution >= 0.6 is 22.7 Å². The molecule has 0 spiro atoms. The molecule has 0 aliphatic rings. The number of hydrogen-bond acceptors (Lipinski definition) is 3. The van der Waals surface area contributed by atoms with Gasteiger partial charge in [0.15, 0.2) is 0 Å². The molecule has 3 rings (SSSR count). The van der Waals surface area contributed by atoms with E-state index in [0.717, 1.165) is 15.8 Å². The van der Waals surface area contributed by atoms with Gasteiger partial charge in [0.05, 0.1) is 6.04 Å². The molecule has 1 N–H and O–H groups in total. The van der Waals surface area contributed by atoms with Crippen LogP contribution < -0.4 is 5.32 Å². The first kappa shape index (κ1) is 13.3. The summed E-state index contributed by atoms with van der Waals surface area (Å²) in [6.07, 6.45) is 0. The Kier molecular flexibility index (Phi) is 3.80. The number of rotatable bonds is 4. The van der Waals surface area contributed by atoms with Crippen LogP contribution in [0.5, 0.6) is 0 Å². The average molecular weight is 307 g/mol. The van der Waals surface area contributed by atoms with E-state index in [1.54, 1.807) is 22.7 Å². The Balaban J connectivity index is 1.94. The van der Waals surface area contributed by atoms with Crippen LogP contribution in [0.1, 0.15) is 15.8 Å². The Morgan fingerprint density at radius 3 is 1.85 bits per heavy atom. The zero-order valence-corrected chi connectivity index (χ0v) is 12.0. The van der Waals surface area contributed by atoms with E-state index in [9.17, 15) is 8.78 Å². The molecule has 0 bridgehead atoms. The molecule has 1 aromatic carbocycles. The summed E-state index contributed by atoms with van der Waals surface area (Å²) < 4.78 is 26.6. The number of nitrogens with one attached hydrogen (secondary N) is 1. The minimum atomic E-state index is -0.580. The minimum absolute atomic E-state index is 0.0869. The van der Waals surface area contributed by atoms with Crippen LogP contribution in [0.4, 0.5) is 14.5 Å². The first-order chi connectivity index (χ1) is 9.72. The molecule has 0 radical (unpaired) electrons. The average Bonchev–Trinajstić information content (AvgIpc) is 3.08. The van der Waals surface area contributed by atoms with Gasteiger partial charge in [0.1, 0.15) is 11.6 Å². The lowest BCUT2D eigenvalue weighted by Gasteiger charge is -2.17. The third-order valence-corrected chi connectivity index (χ3v) is 4.70. The molecule has 2 aromatic heterocycles. The van der Waals surface area contributed by atoms with Gasteiger partial charge in [0.2, 0.25) is 0 Å². The number of halogens is 2. The van der Waals surface area contributed by atoms with Gasteiger partial charge in [-0.25, -0.2) is 8.78 Å². The number of benzene rings is 1. The lowest BCUT2D eigenvalue weighted by molar-refractivity contribution is 0.584. The summed E-state index contributed by atoms with van der Waals surface area (Å²) >= 11 is 3.23. The molecule has 0 saturated heterocycles. The molecule has 3 aromatic rings. The van der Waals surface area contributed by atoms with E-state index in [0.29, 0.717) is 5.69 Å². The van der Waals surface area contributed by atoms with E-state index in [1.165, 1.54) is 12.1 Å². The second kappa shape index (κ2) is 5.73. The summed E-state index contributed by atoms with van der Waals surface area (Å²) in [6, 6.07) is 11.3. The van der Waals surface area contributed by atoms with Gasteiger partial charge in [-0.1, -0.05) is 12.1 Å². The van der Waals surface area contributed by atoms with Crippen molar-refractivity contribution in [2.45, 2.75) is 6.04 Å². The lowest BCUT2D eigenvalue weighted by atomic mass is 10.2. The molecule has 0 saturated carbocycles. The molecule has 0 aliphatic carbocycles. The SMILES string of the molecule is Fc1cc(F)cc(NC(c2cccs2)c2cccs2)c1. The molecule has 1 nitrogen and oxygen atoms in total. The summed E-state index contributed by atoms with van der Waals surface area (Å²) in [6.45, 7) is 0. The van der Waals surface area contributed by atoms with Gasteiger partial charge < -0.3 is 5.32 Å². The maximum Gasteiger partial charge on any atom is 0.128 e. The van der Waals surface area contributed by atoms with Crippen molar-refractivity contribution in [3.05, 3.63) is 74.6 Å². The maximum atomic E-state index is 13.3. The fraction of sp³-hybridized carbons (Fsp3) is 0.0667. The summed E-state index contributed by atoms with van der Waals surface area (Å²) in [5, 5.41) is 7.19. The van der Waals surface area contributed by atoms with Crippen molar-refractivity contribution in [3.8, 4) is 0 Å². The second-order valence-corrected chi connectivity index (χ2v) is 6.22. The zero-order valence-electron chi connectivity index (χ0n) is 10.3. The van der Waals surface area contributed by atoms with Crippen LogP contribution in [0.3, 0.4) is 0 Å². The number of hydrogen-bond donors (Lipinski definition) is 1. The fourth-order valence-electron chi connectivity index (χ4n) is 2.00. The largest absolute Gasteiger partial charge is 0.373 e. The van der Waals surface area contributed by atoms with Crippen LogP contribution in [0.2, 0.25) is 0 Å². The number of anilines is 1. The summed E-state index contributed by atoms with van der Waals surface area (Å²) in [4.78, 5) is 2.22. The first-order valence-corrected chi connectivity index (χ1v) is 7.78. The Labute approximate surface area is 123 Å². The predicted molar refractivity (Wildman–Crippen MR) is 80.5 cm³/mol. The van der Waals surface area contributed by atoms with E-state index in [4.69, 9.17) is 0 Å². The van der Waals surface area contributed by atoms with Crippen molar-refractivity contribution in [3.63, 3.8) is 0 Å². The van der Waals surface area contributed by atoms with E-state index >= 15 is 0 Å². The highest BCUT2D eigenvalue weighted by molar-refractivity contribution is 7.11. The topological polar surface area (TPSA) is 12.0 Å². The van der Waals surface area contributed by atoms with Crippen molar-refractivity contribution in [2.75, 3.05) is 5.32 Å². The highest BCUT2D eigenvalue weighted by atomic mass is 32.1. The minimum Gasteiger partial charge on any atom is -0.373 e. The highest BCUT2D eigenvalue weighted by Crippen LogP contribution is 2.32. The van der Waals surface area contributed by atoms with Gasteiger partial charge in [0, 0.05) is 21.5 Å². The molecule has 2 heterocycles. The first-order valence-electron chi connectivity index (χ1n) is 6.02. The van der Waals surface area contributed by atoms with Gasteiger partial charge in [-0.2, -0.15) is 0 Å². The van der Waals surface area contributed by atoms with Crippen LogP contribution in [0.25, 0.3) is 0 Å². The number of thiophene rings is 2. The Hall–Kier alpha value is -1.72. The molecular weight excluding hydrogens is 296 g/mol. The van der Waals surface area contributed by atoms with E-state index in [-0.39, 0.29) is 6.04 Å². The van der Waals surface area contributed by atoms with Gasteiger partial charge in [-0.15, -0.1) is 22.7 Å². The van der Waals surface area contributed by atoms with Crippen molar-refractivity contribution in [2.24, 2.45) is 0 Å². The van der Waals surface area contributed by atoms with Gasteiger partial charge in [-0.3, -0.25) is 0 Å². The smallest absolute Gasteiger partial charge is 0.128 e. The summed E-state index contributed by atoms with van der Waals surface area (Å²) in [5.41, 5.74) is 0.439. The van der Waals surface area contributed by atoms with E-state index in [2.05, 4.69) is 5.32 Å². The normalized spacial score (nSPS) is 10.9. The third kappa shape index (κ3) is 2.89. The second-order valence-electron chi connectivity index (χ2n) is 4.27. The van der Waals surface area contributed by atoms with Crippen LogP contribution in [0.15, 0.2) is 53.2 Å². The standard InChI is InChI=1S/C15H11F2NS2/c16-10-7-11(17)9-12(8-10)18-15(13-3-1-5-19-13)14-4-2-6-20-14/h1-9,15,18H. The quantitative estimate of drug-likeness (QED) is 0.690. The Morgan fingerprint density at radius 1 is 0.850 bits per heavy atom. The van der Waals surface area contributed by atoms with Crippen LogP contribution in [-0.2, 0) is 0 Å². The van der Waals surface area contributed by atoms with E-state index < -0.39 is 11.6 Å². The summed E-state index contributed by atoms with van der Waals surface area (Å²) in [5.74, 6) is -1.16. The van der Waals surface area contributed by atoms with Crippen LogP contribution in [-0.4, -0.2) is 0 Å². The molecule has 102 valence electrons. The Morgan fingerprint density at radius 2 is 1.40 bits per heavy atom. The van der Waals surface area contributed by atoms with Crippen LogP contribution in [0, 0.1) is 11.6 Å². The fourth-order valence-corrected chi connectivity index (χ4v) is 3.66.